The first-order chi connectivity index (χ1) is 6.41. The number of hydrogen-bond acceptors (Lipinski definition) is 4. The molecule has 0 unspecified atom stereocenters. The number of carbonyl (C=O) groups is 2. The lowest BCUT2D eigenvalue weighted by molar-refractivity contribution is -0.138. The fourth-order valence-electron chi connectivity index (χ4n) is 0.478. The van der Waals surface area contributed by atoms with Crippen LogP contribution in [0.5, 0.6) is 0 Å². The number of ketones is 1. The van der Waals surface area contributed by atoms with E-state index in [4.69, 9.17) is 10.8 Å². The molecule has 0 rings (SSSR count). The molecule has 0 radical (unpaired) electrons. The summed E-state index contributed by atoms with van der Waals surface area (Å²) in [6, 6.07) is -0.681. The van der Waals surface area contributed by atoms with Crippen molar-refractivity contribution in [2.45, 2.75) is 33.2 Å². The summed E-state index contributed by atoms with van der Waals surface area (Å²) < 4.78 is 0. The smallest absolute Gasteiger partial charge is 0.320 e. The summed E-state index contributed by atoms with van der Waals surface area (Å²) in [5, 5.41) is 8.35. The van der Waals surface area contributed by atoms with Gasteiger partial charge in [0.1, 0.15) is 11.8 Å². The van der Waals surface area contributed by atoms with Crippen molar-refractivity contribution in [1.82, 2.24) is 0 Å². The van der Waals surface area contributed by atoms with Gasteiger partial charge < -0.3 is 15.6 Å². The molecule has 0 fully saturated rings. The number of carbonyl (C=O) groups excluding carboxylic acids is 1. The highest BCUT2D eigenvalue weighted by Crippen LogP contribution is 2.02. The SMILES string of the molecule is CC(C)=O.CCSCC[C@H](N)C(=O)O. The summed E-state index contributed by atoms with van der Waals surface area (Å²) in [6.45, 7) is 5.09. The van der Waals surface area contributed by atoms with E-state index >= 15 is 0 Å². The van der Waals surface area contributed by atoms with Gasteiger partial charge >= 0.3 is 5.97 Å². The van der Waals surface area contributed by atoms with Gasteiger partial charge in [-0.1, -0.05) is 6.92 Å². The van der Waals surface area contributed by atoms with Crippen LogP contribution in [-0.4, -0.2) is 34.4 Å². The van der Waals surface area contributed by atoms with E-state index in [1.165, 1.54) is 13.8 Å². The second-order valence-corrected chi connectivity index (χ2v) is 4.23. The van der Waals surface area contributed by atoms with Crippen molar-refractivity contribution in [3.63, 3.8) is 0 Å². The minimum Gasteiger partial charge on any atom is -0.480 e. The number of carboxylic acid groups (broad SMARTS) is 1. The van der Waals surface area contributed by atoms with Gasteiger partial charge in [0.2, 0.25) is 0 Å². The minimum absolute atomic E-state index is 0.167. The van der Waals surface area contributed by atoms with E-state index in [9.17, 15) is 9.59 Å². The molecule has 0 saturated heterocycles. The van der Waals surface area contributed by atoms with Crippen molar-refractivity contribution >= 4 is 23.5 Å². The Hall–Kier alpha value is -0.550. The molecule has 0 aromatic carbocycles. The molecule has 1 atom stereocenters. The van der Waals surface area contributed by atoms with Crippen LogP contribution in [0.1, 0.15) is 27.2 Å². The number of carboxylic acids is 1. The maximum Gasteiger partial charge on any atom is 0.320 e. The number of rotatable bonds is 5. The van der Waals surface area contributed by atoms with E-state index in [-0.39, 0.29) is 5.78 Å². The van der Waals surface area contributed by atoms with Gasteiger partial charge in [0, 0.05) is 0 Å². The van der Waals surface area contributed by atoms with Crippen LogP contribution < -0.4 is 5.73 Å². The third kappa shape index (κ3) is 17.5. The van der Waals surface area contributed by atoms with Gasteiger partial charge in [-0.05, 0) is 31.8 Å². The molecule has 0 aliphatic heterocycles. The maximum absolute atomic E-state index is 10.2. The van der Waals surface area contributed by atoms with E-state index in [0.29, 0.717) is 6.42 Å². The predicted octanol–water partition coefficient (Wildman–Crippen LogP) is 1.14. The van der Waals surface area contributed by atoms with Gasteiger partial charge in [-0.2, -0.15) is 11.8 Å². The molecule has 4 nitrogen and oxygen atoms in total. The highest BCUT2D eigenvalue weighted by atomic mass is 32.2. The molecular weight excluding hydrogens is 202 g/mol. The van der Waals surface area contributed by atoms with Crippen LogP contribution in [0.4, 0.5) is 0 Å². The Labute approximate surface area is 89.2 Å². The average Bonchev–Trinajstić information content (AvgIpc) is 2.03. The summed E-state index contributed by atoms with van der Waals surface area (Å²) in [5.74, 6) is 1.12. The summed E-state index contributed by atoms with van der Waals surface area (Å²) in [7, 11) is 0. The van der Waals surface area contributed by atoms with E-state index < -0.39 is 12.0 Å². The van der Waals surface area contributed by atoms with Crippen molar-refractivity contribution in [3.8, 4) is 0 Å². The van der Waals surface area contributed by atoms with Crippen molar-refractivity contribution in [3.05, 3.63) is 0 Å². The highest BCUT2D eigenvalue weighted by Gasteiger charge is 2.09. The zero-order valence-corrected chi connectivity index (χ0v) is 9.76. The Kier molecular flexibility index (Phi) is 12.0. The summed E-state index contributed by atoms with van der Waals surface area (Å²) in [5.41, 5.74) is 5.24. The Morgan fingerprint density at radius 1 is 1.43 bits per heavy atom. The Bertz CT molecular complexity index is 169. The van der Waals surface area contributed by atoms with Gasteiger partial charge in [-0.15, -0.1) is 0 Å². The molecule has 0 spiro atoms. The van der Waals surface area contributed by atoms with Crippen LogP contribution >= 0.6 is 11.8 Å². The molecular formula is C9H19NO3S. The van der Waals surface area contributed by atoms with Crippen LogP contribution in [0.3, 0.4) is 0 Å². The molecule has 0 saturated carbocycles. The lowest BCUT2D eigenvalue weighted by Gasteiger charge is -2.03. The molecule has 3 N–H and O–H groups in total. The molecule has 0 aromatic rings. The van der Waals surface area contributed by atoms with E-state index in [1.54, 1.807) is 11.8 Å². The fraction of sp³-hybridized carbons (Fsp3) is 0.778. The zero-order valence-electron chi connectivity index (χ0n) is 8.95. The number of thioether (sulfide) groups is 1. The molecule has 5 heteroatoms. The van der Waals surface area contributed by atoms with E-state index in [2.05, 4.69) is 0 Å². The van der Waals surface area contributed by atoms with Crippen molar-refractivity contribution in [2.24, 2.45) is 5.73 Å². The standard InChI is InChI=1S/C6H13NO2S.C3H6O/c1-2-10-4-3-5(7)6(8)9;1-3(2)4/h5H,2-4,7H2,1H3,(H,8,9);1-2H3/t5-;/m0./s1. The summed E-state index contributed by atoms with van der Waals surface area (Å²) in [4.78, 5) is 19.6. The first kappa shape index (κ1) is 15.9. The Morgan fingerprint density at radius 2 is 1.86 bits per heavy atom. The average molecular weight is 221 g/mol. The first-order valence-electron chi connectivity index (χ1n) is 4.45. The number of aliphatic carboxylic acids is 1. The number of nitrogens with two attached hydrogens (primary N) is 1. The Balaban J connectivity index is 0. The van der Waals surface area contributed by atoms with Gasteiger partial charge in [0.05, 0.1) is 0 Å². The molecule has 84 valence electrons. The van der Waals surface area contributed by atoms with Crippen molar-refractivity contribution in [2.75, 3.05) is 11.5 Å². The van der Waals surface area contributed by atoms with Crippen molar-refractivity contribution in [1.29, 1.82) is 0 Å². The van der Waals surface area contributed by atoms with Gasteiger partial charge in [-0.25, -0.2) is 0 Å². The van der Waals surface area contributed by atoms with Crippen LogP contribution in [0.2, 0.25) is 0 Å². The predicted molar refractivity (Wildman–Crippen MR) is 59.6 cm³/mol. The number of Topliss-reactive ketones (excluding diaryl/α,β-unsaturated/α-hetero) is 1. The first-order valence-corrected chi connectivity index (χ1v) is 5.60. The van der Waals surface area contributed by atoms with Gasteiger partial charge in [-0.3, -0.25) is 4.79 Å². The normalized spacial score (nSPS) is 11.1. The monoisotopic (exact) mass is 221 g/mol. The fourth-order valence-corrected chi connectivity index (χ4v) is 1.19. The largest absolute Gasteiger partial charge is 0.480 e. The van der Waals surface area contributed by atoms with Crippen LogP contribution in [0.25, 0.3) is 0 Å². The van der Waals surface area contributed by atoms with Gasteiger partial charge in [0.15, 0.2) is 0 Å². The molecule has 0 aromatic heterocycles. The van der Waals surface area contributed by atoms with Crippen LogP contribution in [0.15, 0.2) is 0 Å². The quantitative estimate of drug-likeness (QED) is 0.680. The summed E-state index contributed by atoms with van der Waals surface area (Å²) in [6.07, 6.45) is 0.563. The molecule has 0 amide bonds. The highest BCUT2D eigenvalue weighted by molar-refractivity contribution is 7.99. The molecule has 0 bridgehead atoms. The van der Waals surface area contributed by atoms with Gasteiger partial charge in [0.25, 0.3) is 0 Å². The van der Waals surface area contributed by atoms with Crippen molar-refractivity contribution < 1.29 is 14.7 Å². The minimum atomic E-state index is -0.906. The van der Waals surface area contributed by atoms with E-state index in [1.807, 2.05) is 6.92 Å². The Morgan fingerprint density at radius 3 is 2.14 bits per heavy atom. The molecule has 0 aliphatic rings. The molecule has 0 aliphatic carbocycles. The second kappa shape index (κ2) is 10.5. The second-order valence-electron chi connectivity index (χ2n) is 2.84. The third-order valence-electron chi connectivity index (χ3n) is 1.09. The third-order valence-corrected chi connectivity index (χ3v) is 2.03. The summed E-state index contributed by atoms with van der Waals surface area (Å²) >= 11 is 1.71. The maximum atomic E-state index is 10.2. The van der Waals surface area contributed by atoms with Crippen LogP contribution in [-0.2, 0) is 9.59 Å². The number of hydrogen-bond donors (Lipinski definition) is 2. The lowest BCUT2D eigenvalue weighted by Crippen LogP contribution is -2.30. The molecule has 14 heavy (non-hydrogen) atoms. The lowest BCUT2D eigenvalue weighted by atomic mass is 10.2. The molecule has 0 heterocycles. The van der Waals surface area contributed by atoms with E-state index in [0.717, 1.165) is 11.5 Å². The van der Waals surface area contributed by atoms with Crippen LogP contribution in [0, 0.1) is 0 Å². The zero-order chi connectivity index (χ0) is 11.6. The topological polar surface area (TPSA) is 80.4 Å².